The third kappa shape index (κ3) is 2.79. The van der Waals surface area contributed by atoms with Crippen LogP contribution in [0, 0.1) is 0 Å². The molecule has 0 radical (unpaired) electrons. The maximum atomic E-state index is 6.23. The third-order valence-corrected chi connectivity index (χ3v) is 5.96. The van der Waals surface area contributed by atoms with E-state index < -0.39 is 0 Å². The molecule has 1 aliphatic rings. The molecule has 1 nitrogen and oxygen atoms in total. The van der Waals surface area contributed by atoms with E-state index in [0.29, 0.717) is 5.92 Å². The first kappa shape index (κ1) is 13.9. The van der Waals surface area contributed by atoms with Crippen molar-refractivity contribution in [2.45, 2.75) is 22.7 Å². The Morgan fingerprint density at radius 3 is 2.55 bits per heavy atom. The molecule has 2 aromatic carbocycles. The predicted molar refractivity (Wildman–Crippen MR) is 93.9 cm³/mol. The molecule has 2 heterocycles. The number of para-hydroxylation sites is 1. The van der Waals surface area contributed by atoms with Crippen LogP contribution in [0.2, 0.25) is 0 Å². The van der Waals surface area contributed by atoms with E-state index in [0.717, 1.165) is 12.2 Å². The number of ether oxygens (including phenoxy) is 1. The van der Waals surface area contributed by atoms with Crippen molar-refractivity contribution in [3.8, 4) is 5.75 Å². The molecule has 0 saturated carbocycles. The standard InChI is InChI=1S/C19H16OS2/c1-2-7-14(8-3-1)22-19-13-16(18-11-6-12-21-18)15-9-4-5-10-17(15)20-19/h1-12,16,19H,13H2/t16-,19+/m1/s1. The van der Waals surface area contributed by atoms with E-state index in [-0.39, 0.29) is 5.44 Å². The summed E-state index contributed by atoms with van der Waals surface area (Å²) < 4.78 is 6.23. The van der Waals surface area contributed by atoms with Crippen LogP contribution in [0.25, 0.3) is 0 Å². The van der Waals surface area contributed by atoms with E-state index in [9.17, 15) is 0 Å². The fourth-order valence-electron chi connectivity index (χ4n) is 2.87. The summed E-state index contributed by atoms with van der Waals surface area (Å²) in [5.41, 5.74) is 1.47. The van der Waals surface area contributed by atoms with Crippen LogP contribution in [0.1, 0.15) is 22.8 Å². The van der Waals surface area contributed by atoms with Crippen LogP contribution in [-0.4, -0.2) is 5.44 Å². The highest BCUT2D eigenvalue weighted by Gasteiger charge is 2.30. The summed E-state index contributed by atoms with van der Waals surface area (Å²) in [6, 6.07) is 23.3. The van der Waals surface area contributed by atoms with Gasteiger partial charge in [-0.25, -0.2) is 0 Å². The number of thioether (sulfide) groups is 1. The lowest BCUT2D eigenvalue weighted by Gasteiger charge is -2.31. The van der Waals surface area contributed by atoms with E-state index in [1.807, 2.05) is 23.1 Å². The van der Waals surface area contributed by atoms with Gasteiger partial charge in [0.15, 0.2) is 0 Å². The maximum absolute atomic E-state index is 6.23. The highest BCUT2D eigenvalue weighted by Crippen LogP contribution is 2.45. The molecule has 0 N–H and O–H groups in total. The Morgan fingerprint density at radius 1 is 0.909 bits per heavy atom. The minimum Gasteiger partial charge on any atom is -0.479 e. The Morgan fingerprint density at radius 2 is 1.73 bits per heavy atom. The zero-order chi connectivity index (χ0) is 14.8. The number of hydrogen-bond acceptors (Lipinski definition) is 3. The summed E-state index contributed by atoms with van der Waals surface area (Å²) in [4.78, 5) is 2.69. The van der Waals surface area contributed by atoms with Crippen molar-refractivity contribution in [3.05, 3.63) is 82.6 Å². The SMILES string of the molecule is c1ccc(S[C@H]2C[C@@H](c3cccs3)c3ccccc3O2)cc1. The van der Waals surface area contributed by atoms with Gasteiger partial charge in [0, 0.05) is 27.7 Å². The molecule has 0 aliphatic carbocycles. The van der Waals surface area contributed by atoms with Gasteiger partial charge in [0.2, 0.25) is 0 Å². The van der Waals surface area contributed by atoms with Crippen LogP contribution < -0.4 is 4.74 Å². The van der Waals surface area contributed by atoms with Crippen molar-refractivity contribution in [1.29, 1.82) is 0 Å². The van der Waals surface area contributed by atoms with Gasteiger partial charge in [-0.2, -0.15) is 0 Å². The highest BCUT2D eigenvalue weighted by atomic mass is 32.2. The van der Waals surface area contributed by atoms with Crippen molar-refractivity contribution in [2.75, 3.05) is 0 Å². The van der Waals surface area contributed by atoms with Gasteiger partial charge in [-0.3, -0.25) is 0 Å². The molecule has 0 unspecified atom stereocenters. The molecule has 3 heteroatoms. The summed E-state index contributed by atoms with van der Waals surface area (Å²) >= 11 is 3.65. The second kappa shape index (κ2) is 6.19. The first-order valence-corrected chi connectivity index (χ1v) is 9.17. The van der Waals surface area contributed by atoms with Crippen molar-refractivity contribution in [1.82, 2.24) is 0 Å². The van der Waals surface area contributed by atoms with Gasteiger partial charge in [-0.05, 0) is 29.6 Å². The Balaban J connectivity index is 1.65. The second-order valence-corrected chi connectivity index (χ2v) is 7.53. The van der Waals surface area contributed by atoms with Gasteiger partial charge in [0.1, 0.15) is 11.2 Å². The lowest BCUT2D eigenvalue weighted by Crippen LogP contribution is -2.23. The smallest absolute Gasteiger partial charge is 0.149 e. The van der Waals surface area contributed by atoms with Crippen molar-refractivity contribution in [3.63, 3.8) is 0 Å². The Labute approximate surface area is 139 Å². The molecule has 1 aromatic heterocycles. The van der Waals surface area contributed by atoms with E-state index in [1.165, 1.54) is 15.3 Å². The topological polar surface area (TPSA) is 9.23 Å². The third-order valence-electron chi connectivity index (χ3n) is 3.88. The van der Waals surface area contributed by atoms with Gasteiger partial charge in [0.05, 0.1) is 0 Å². The first-order chi connectivity index (χ1) is 10.9. The molecule has 1 aliphatic heterocycles. The minimum absolute atomic E-state index is 0.157. The van der Waals surface area contributed by atoms with Crippen molar-refractivity contribution in [2.24, 2.45) is 0 Å². The molecular formula is C19H16OS2. The summed E-state index contributed by atoms with van der Waals surface area (Å²) in [5, 5.41) is 2.16. The summed E-state index contributed by atoms with van der Waals surface area (Å²) in [5.74, 6) is 1.46. The molecule has 22 heavy (non-hydrogen) atoms. The zero-order valence-electron chi connectivity index (χ0n) is 12.0. The largest absolute Gasteiger partial charge is 0.479 e. The van der Waals surface area contributed by atoms with E-state index in [1.54, 1.807) is 0 Å². The zero-order valence-corrected chi connectivity index (χ0v) is 13.6. The fraction of sp³-hybridized carbons (Fsp3) is 0.158. The van der Waals surface area contributed by atoms with Crippen LogP contribution in [0.3, 0.4) is 0 Å². The van der Waals surface area contributed by atoms with Gasteiger partial charge in [0.25, 0.3) is 0 Å². The normalized spacial score (nSPS) is 20.2. The number of rotatable bonds is 3. The van der Waals surface area contributed by atoms with Crippen LogP contribution in [0.5, 0.6) is 5.75 Å². The van der Waals surface area contributed by atoms with Crippen LogP contribution in [0.4, 0.5) is 0 Å². The van der Waals surface area contributed by atoms with Gasteiger partial charge >= 0.3 is 0 Å². The molecule has 0 saturated heterocycles. The Hall–Kier alpha value is -1.71. The molecule has 0 amide bonds. The monoisotopic (exact) mass is 324 g/mol. The first-order valence-electron chi connectivity index (χ1n) is 7.41. The van der Waals surface area contributed by atoms with E-state index in [4.69, 9.17) is 4.74 Å². The average molecular weight is 324 g/mol. The second-order valence-electron chi connectivity index (χ2n) is 5.32. The van der Waals surface area contributed by atoms with E-state index in [2.05, 4.69) is 72.1 Å². The van der Waals surface area contributed by atoms with Crippen LogP contribution in [0.15, 0.2) is 77.0 Å². The van der Waals surface area contributed by atoms with Crippen molar-refractivity contribution >= 4 is 23.1 Å². The predicted octanol–water partition coefficient (Wildman–Crippen LogP) is 5.78. The summed E-state index contributed by atoms with van der Waals surface area (Å²) in [7, 11) is 0. The highest BCUT2D eigenvalue weighted by molar-refractivity contribution is 7.99. The van der Waals surface area contributed by atoms with Crippen molar-refractivity contribution < 1.29 is 4.74 Å². The molecule has 4 rings (SSSR count). The van der Waals surface area contributed by atoms with Gasteiger partial charge in [-0.15, -0.1) is 11.3 Å². The lowest BCUT2D eigenvalue weighted by atomic mass is 9.92. The van der Waals surface area contributed by atoms with E-state index >= 15 is 0 Å². The number of thiophene rings is 1. The van der Waals surface area contributed by atoms with Crippen LogP contribution >= 0.6 is 23.1 Å². The molecule has 3 aromatic rings. The fourth-order valence-corrected chi connectivity index (χ4v) is 4.78. The quantitative estimate of drug-likeness (QED) is 0.604. The molecule has 0 bridgehead atoms. The van der Waals surface area contributed by atoms with Crippen LogP contribution in [-0.2, 0) is 0 Å². The molecule has 2 atom stereocenters. The molecule has 0 fully saturated rings. The lowest BCUT2D eigenvalue weighted by molar-refractivity contribution is 0.246. The summed E-state index contributed by atoms with van der Waals surface area (Å²) in [6.45, 7) is 0. The Bertz CT molecular complexity index is 737. The number of fused-ring (bicyclic) bond motifs is 1. The molecule has 0 spiro atoms. The van der Waals surface area contributed by atoms with Gasteiger partial charge in [-0.1, -0.05) is 54.2 Å². The molecule has 110 valence electrons. The summed E-state index contributed by atoms with van der Waals surface area (Å²) in [6.07, 6.45) is 1.01. The number of benzene rings is 2. The van der Waals surface area contributed by atoms with Gasteiger partial charge < -0.3 is 4.74 Å². The maximum Gasteiger partial charge on any atom is 0.149 e. The molecular weight excluding hydrogens is 308 g/mol. The average Bonchev–Trinajstić information content (AvgIpc) is 3.09. The minimum atomic E-state index is 0.157. The Kier molecular flexibility index (Phi) is 3.92. The number of hydrogen-bond donors (Lipinski definition) is 0.